The average Bonchev–Trinajstić information content (AvgIpc) is 3.35. The Morgan fingerprint density at radius 2 is 1.69 bits per heavy atom. The Morgan fingerprint density at radius 3 is 2.26 bits per heavy atom. The summed E-state index contributed by atoms with van der Waals surface area (Å²) >= 11 is 0. The van der Waals surface area contributed by atoms with E-state index in [4.69, 9.17) is 4.74 Å². The van der Waals surface area contributed by atoms with Gasteiger partial charge in [-0.1, -0.05) is 55.0 Å². The zero-order valence-electron chi connectivity index (χ0n) is 19.1. The topological polar surface area (TPSA) is 125 Å². The lowest BCUT2D eigenvalue weighted by molar-refractivity contribution is -0.150. The number of nitrogens with one attached hydrogen (secondary N) is 2. The highest BCUT2D eigenvalue weighted by atomic mass is 16.5. The summed E-state index contributed by atoms with van der Waals surface area (Å²) in [4.78, 5) is 48.7. The summed E-state index contributed by atoms with van der Waals surface area (Å²) in [6.45, 7) is 0.161. The fourth-order valence-electron chi connectivity index (χ4n) is 5.21. The molecule has 1 saturated carbocycles. The van der Waals surface area contributed by atoms with Gasteiger partial charge in [-0.05, 0) is 41.0 Å². The van der Waals surface area contributed by atoms with E-state index in [0.29, 0.717) is 0 Å². The number of carboxylic acid groups (broad SMARTS) is 1. The Kier molecular flexibility index (Phi) is 6.15. The Morgan fingerprint density at radius 1 is 1.06 bits per heavy atom. The SMILES string of the molecule is O=C1CC(C(=O)O)N(C(=O)CC(NC(=O)OCC2c3ccccc3-c3ccccc32)C2CCC2)N1. The van der Waals surface area contributed by atoms with Gasteiger partial charge in [-0.3, -0.25) is 15.0 Å². The normalized spacial score (nSPS) is 19.8. The van der Waals surface area contributed by atoms with Crippen LogP contribution >= 0.6 is 0 Å². The third-order valence-corrected chi connectivity index (χ3v) is 7.25. The van der Waals surface area contributed by atoms with Gasteiger partial charge >= 0.3 is 12.1 Å². The van der Waals surface area contributed by atoms with Crippen LogP contribution in [0.15, 0.2) is 48.5 Å². The molecule has 182 valence electrons. The number of fused-ring (bicyclic) bond motifs is 3. The fourth-order valence-corrected chi connectivity index (χ4v) is 5.21. The van der Waals surface area contributed by atoms with E-state index in [2.05, 4.69) is 22.9 Å². The van der Waals surface area contributed by atoms with Crippen molar-refractivity contribution in [2.24, 2.45) is 5.92 Å². The molecule has 9 nitrogen and oxygen atoms in total. The Bertz CT molecular complexity index is 1130. The minimum Gasteiger partial charge on any atom is -0.480 e. The molecule has 1 saturated heterocycles. The van der Waals surface area contributed by atoms with Gasteiger partial charge in [0.2, 0.25) is 11.8 Å². The maximum Gasteiger partial charge on any atom is 0.407 e. The molecule has 9 heteroatoms. The van der Waals surface area contributed by atoms with E-state index in [1.165, 1.54) is 0 Å². The van der Waals surface area contributed by atoms with Crippen molar-refractivity contribution >= 4 is 23.9 Å². The van der Waals surface area contributed by atoms with Crippen LogP contribution in [0.25, 0.3) is 11.1 Å². The third kappa shape index (κ3) is 4.45. The number of rotatable bonds is 7. The standard InChI is InChI=1S/C26H27N3O6/c30-23-13-22(25(32)33)29(28-23)24(31)12-21(15-6-5-7-15)27-26(34)35-14-20-18-10-3-1-8-16(18)17-9-2-4-11-19(17)20/h1-4,8-11,15,20-22H,5-7,12-14H2,(H,27,34)(H,28,30)(H,32,33). The molecule has 35 heavy (non-hydrogen) atoms. The first kappa shape index (κ1) is 22.9. The number of carbonyl (C=O) groups is 4. The molecule has 1 heterocycles. The highest BCUT2D eigenvalue weighted by molar-refractivity contribution is 5.94. The van der Waals surface area contributed by atoms with Crippen molar-refractivity contribution < 1.29 is 29.0 Å². The molecule has 2 aliphatic carbocycles. The molecule has 0 spiro atoms. The van der Waals surface area contributed by atoms with Crippen molar-refractivity contribution in [1.29, 1.82) is 0 Å². The second-order valence-corrected chi connectivity index (χ2v) is 9.33. The second-order valence-electron chi connectivity index (χ2n) is 9.33. The number of hydrazine groups is 1. The summed E-state index contributed by atoms with van der Waals surface area (Å²) in [7, 11) is 0. The molecular formula is C26H27N3O6. The van der Waals surface area contributed by atoms with E-state index < -0.39 is 36.0 Å². The van der Waals surface area contributed by atoms with Crippen LogP contribution in [-0.4, -0.2) is 52.7 Å². The van der Waals surface area contributed by atoms with Gasteiger partial charge in [-0.25, -0.2) is 14.6 Å². The van der Waals surface area contributed by atoms with Crippen LogP contribution in [0.2, 0.25) is 0 Å². The summed E-state index contributed by atoms with van der Waals surface area (Å²) < 4.78 is 5.63. The summed E-state index contributed by atoms with van der Waals surface area (Å²) in [6.07, 6.45) is 1.71. The number of hydrogen-bond donors (Lipinski definition) is 3. The zero-order valence-corrected chi connectivity index (χ0v) is 19.1. The lowest BCUT2D eigenvalue weighted by Gasteiger charge is -2.34. The van der Waals surface area contributed by atoms with Gasteiger partial charge in [0.15, 0.2) is 6.04 Å². The van der Waals surface area contributed by atoms with Gasteiger partial charge in [0.05, 0.1) is 6.42 Å². The first-order valence-electron chi connectivity index (χ1n) is 11.9. The number of amides is 3. The number of carboxylic acids is 1. The molecule has 0 aromatic heterocycles. The van der Waals surface area contributed by atoms with Gasteiger partial charge < -0.3 is 15.2 Å². The van der Waals surface area contributed by atoms with E-state index >= 15 is 0 Å². The van der Waals surface area contributed by atoms with Crippen LogP contribution in [0.5, 0.6) is 0 Å². The summed E-state index contributed by atoms with van der Waals surface area (Å²) in [5, 5.41) is 13.0. The van der Waals surface area contributed by atoms with E-state index in [1.54, 1.807) is 0 Å². The number of ether oxygens (including phenoxy) is 1. The minimum atomic E-state index is -1.25. The maximum absolute atomic E-state index is 12.8. The van der Waals surface area contributed by atoms with Crippen LogP contribution in [0.4, 0.5) is 4.79 Å². The Labute approximate surface area is 202 Å². The van der Waals surface area contributed by atoms with Gasteiger partial charge in [0.25, 0.3) is 0 Å². The van der Waals surface area contributed by atoms with Crippen LogP contribution in [0.3, 0.4) is 0 Å². The summed E-state index contributed by atoms with van der Waals surface area (Å²) in [6, 6.07) is 14.4. The van der Waals surface area contributed by atoms with Crippen molar-refractivity contribution in [2.45, 2.75) is 50.1 Å². The van der Waals surface area contributed by atoms with Crippen LogP contribution in [0, 0.1) is 5.92 Å². The monoisotopic (exact) mass is 477 g/mol. The van der Waals surface area contributed by atoms with E-state index in [0.717, 1.165) is 46.5 Å². The summed E-state index contributed by atoms with van der Waals surface area (Å²) in [5.74, 6) is -2.29. The lowest BCUT2D eigenvalue weighted by atomic mass is 9.78. The number of benzene rings is 2. The van der Waals surface area contributed by atoms with Crippen LogP contribution in [0.1, 0.15) is 49.1 Å². The first-order valence-corrected chi connectivity index (χ1v) is 11.9. The summed E-state index contributed by atoms with van der Waals surface area (Å²) in [5.41, 5.74) is 6.81. The number of hydrogen-bond acceptors (Lipinski definition) is 5. The van der Waals surface area contributed by atoms with E-state index in [-0.39, 0.29) is 31.3 Å². The molecule has 2 atom stereocenters. The van der Waals surface area contributed by atoms with Gasteiger partial charge in [0.1, 0.15) is 6.61 Å². The Balaban J connectivity index is 1.24. The highest BCUT2D eigenvalue weighted by Crippen LogP contribution is 2.44. The molecule has 1 aliphatic heterocycles. The van der Waals surface area contributed by atoms with Gasteiger partial charge in [0, 0.05) is 18.4 Å². The largest absolute Gasteiger partial charge is 0.480 e. The Hall–Kier alpha value is -3.88. The average molecular weight is 478 g/mol. The molecule has 5 rings (SSSR count). The first-order chi connectivity index (χ1) is 16.9. The van der Waals surface area contributed by atoms with Gasteiger partial charge in [-0.2, -0.15) is 0 Å². The second kappa shape index (κ2) is 9.40. The van der Waals surface area contributed by atoms with E-state index in [9.17, 15) is 24.3 Å². The zero-order chi connectivity index (χ0) is 24.5. The minimum absolute atomic E-state index is 0.0759. The quantitative estimate of drug-likeness (QED) is 0.563. The molecule has 3 amide bonds. The van der Waals surface area contributed by atoms with Crippen LogP contribution in [-0.2, 0) is 19.1 Å². The third-order valence-electron chi connectivity index (χ3n) is 7.25. The van der Waals surface area contributed by atoms with E-state index in [1.807, 2.05) is 36.4 Å². The molecule has 0 radical (unpaired) electrons. The molecule has 2 unspecified atom stereocenters. The number of alkyl carbamates (subject to hydrolysis) is 1. The van der Waals surface area contributed by atoms with Crippen molar-refractivity contribution in [3.05, 3.63) is 59.7 Å². The smallest absolute Gasteiger partial charge is 0.407 e. The van der Waals surface area contributed by atoms with Crippen molar-refractivity contribution in [3.63, 3.8) is 0 Å². The predicted molar refractivity (Wildman–Crippen MR) is 125 cm³/mol. The van der Waals surface area contributed by atoms with Crippen LogP contribution < -0.4 is 10.7 Å². The molecular weight excluding hydrogens is 450 g/mol. The molecule has 3 N–H and O–H groups in total. The molecule has 0 bridgehead atoms. The number of aliphatic carboxylic acids is 1. The molecule has 2 aromatic carbocycles. The van der Waals surface area contributed by atoms with Crippen molar-refractivity contribution in [1.82, 2.24) is 15.8 Å². The molecule has 2 aromatic rings. The fraction of sp³-hybridized carbons (Fsp3) is 0.385. The molecule has 2 fully saturated rings. The number of carbonyl (C=O) groups excluding carboxylic acids is 3. The maximum atomic E-state index is 12.8. The highest BCUT2D eigenvalue weighted by Gasteiger charge is 2.41. The lowest BCUT2D eigenvalue weighted by Crippen LogP contribution is -2.51. The predicted octanol–water partition coefficient (Wildman–Crippen LogP) is 2.80. The van der Waals surface area contributed by atoms with Gasteiger partial charge in [-0.15, -0.1) is 0 Å². The van der Waals surface area contributed by atoms with Crippen molar-refractivity contribution in [3.8, 4) is 11.1 Å². The van der Waals surface area contributed by atoms with Crippen molar-refractivity contribution in [2.75, 3.05) is 6.61 Å². The molecule has 3 aliphatic rings. The number of nitrogens with zero attached hydrogens (tertiary/aromatic N) is 1.